The second-order valence-electron chi connectivity index (χ2n) is 5.07. The molecule has 1 N–H and O–H groups in total. The van der Waals surface area contributed by atoms with Crippen LogP contribution in [0.1, 0.15) is 31.6 Å². The predicted octanol–water partition coefficient (Wildman–Crippen LogP) is 2.99. The number of rotatable bonds is 6. The topological polar surface area (TPSA) is 54.5 Å². The van der Waals surface area contributed by atoms with Crippen LogP contribution >= 0.6 is 11.3 Å². The zero-order chi connectivity index (χ0) is 14.4. The molecule has 2 amide bonds. The summed E-state index contributed by atoms with van der Waals surface area (Å²) in [5.41, 5.74) is 0. The number of anilines is 1. The monoisotopic (exact) mass is 297 g/mol. The van der Waals surface area contributed by atoms with Crippen LogP contribution in [0.2, 0.25) is 0 Å². The van der Waals surface area contributed by atoms with E-state index in [9.17, 15) is 4.79 Å². The molecule has 112 valence electrons. The molecule has 0 unspecified atom stereocenters. The Morgan fingerprint density at radius 2 is 2.45 bits per heavy atom. The first-order chi connectivity index (χ1) is 9.72. The molecule has 0 aromatic carbocycles. The van der Waals surface area contributed by atoms with Gasteiger partial charge in [0, 0.05) is 36.7 Å². The highest BCUT2D eigenvalue weighted by Crippen LogP contribution is 2.22. The first-order valence-corrected chi connectivity index (χ1v) is 8.13. The normalized spacial score (nSPS) is 18.5. The Morgan fingerprint density at radius 1 is 1.60 bits per heavy atom. The molecule has 1 aromatic heterocycles. The highest BCUT2D eigenvalue weighted by atomic mass is 32.1. The summed E-state index contributed by atoms with van der Waals surface area (Å²) in [6.07, 6.45) is 4.99. The summed E-state index contributed by atoms with van der Waals surface area (Å²) in [6, 6.07) is -0.0404. The molecule has 1 aliphatic heterocycles. The Bertz CT molecular complexity index is 436. The van der Waals surface area contributed by atoms with Crippen LogP contribution in [0.15, 0.2) is 6.20 Å². The Labute approximate surface area is 124 Å². The number of hydrogen-bond acceptors (Lipinski definition) is 4. The number of hydrogen-bond donors (Lipinski definition) is 1. The van der Waals surface area contributed by atoms with Crippen molar-refractivity contribution in [3.05, 3.63) is 11.1 Å². The van der Waals surface area contributed by atoms with Gasteiger partial charge in [-0.1, -0.05) is 13.3 Å². The molecule has 5 nitrogen and oxygen atoms in total. The predicted molar refractivity (Wildman–Crippen MR) is 81.3 cm³/mol. The van der Waals surface area contributed by atoms with Gasteiger partial charge in [0.2, 0.25) is 0 Å². The minimum Gasteiger partial charge on any atom is -0.381 e. The van der Waals surface area contributed by atoms with Gasteiger partial charge < -0.3 is 9.64 Å². The van der Waals surface area contributed by atoms with E-state index < -0.39 is 0 Å². The van der Waals surface area contributed by atoms with Crippen molar-refractivity contribution in [2.45, 2.75) is 33.1 Å². The van der Waals surface area contributed by atoms with Gasteiger partial charge in [-0.25, -0.2) is 9.78 Å². The maximum atomic E-state index is 12.1. The Balaban J connectivity index is 1.79. The van der Waals surface area contributed by atoms with Crippen molar-refractivity contribution in [2.24, 2.45) is 5.92 Å². The SMILES string of the molecule is CCCc1cnc(NC(=O)N2CC[C@@H](COCC)C2)s1. The Kier molecular flexibility index (Phi) is 5.79. The second kappa shape index (κ2) is 7.59. The number of likely N-dealkylation sites (tertiary alicyclic amines) is 1. The molecule has 6 heteroatoms. The third-order valence-electron chi connectivity index (χ3n) is 3.39. The number of nitrogens with zero attached hydrogens (tertiary/aromatic N) is 2. The zero-order valence-corrected chi connectivity index (χ0v) is 13.0. The van der Waals surface area contributed by atoms with E-state index in [1.54, 1.807) is 11.3 Å². The molecule has 1 atom stereocenters. The lowest BCUT2D eigenvalue weighted by atomic mass is 10.1. The highest BCUT2D eigenvalue weighted by Gasteiger charge is 2.26. The van der Waals surface area contributed by atoms with Crippen molar-refractivity contribution in [3.63, 3.8) is 0 Å². The number of aryl methyl sites for hydroxylation is 1. The van der Waals surface area contributed by atoms with E-state index in [0.29, 0.717) is 11.0 Å². The van der Waals surface area contributed by atoms with E-state index in [0.717, 1.165) is 45.6 Å². The average molecular weight is 297 g/mol. The minimum atomic E-state index is -0.0404. The quantitative estimate of drug-likeness (QED) is 0.878. The number of aromatic nitrogens is 1. The number of amides is 2. The van der Waals surface area contributed by atoms with Crippen molar-refractivity contribution in [2.75, 3.05) is 31.6 Å². The standard InChI is InChI=1S/C14H23N3O2S/c1-3-5-12-8-15-13(20-12)16-14(18)17-7-6-11(9-17)10-19-4-2/h8,11H,3-7,9-10H2,1-2H3,(H,15,16,18)/t11-/m1/s1. The Morgan fingerprint density at radius 3 is 3.20 bits per heavy atom. The van der Waals surface area contributed by atoms with Gasteiger partial charge in [-0.05, 0) is 19.8 Å². The molecule has 0 bridgehead atoms. The lowest BCUT2D eigenvalue weighted by Gasteiger charge is -2.16. The summed E-state index contributed by atoms with van der Waals surface area (Å²) < 4.78 is 5.43. The molecule has 1 fully saturated rings. The molecule has 2 heterocycles. The van der Waals surface area contributed by atoms with E-state index in [1.165, 1.54) is 4.88 Å². The smallest absolute Gasteiger partial charge is 0.323 e. The van der Waals surface area contributed by atoms with Crippen LogP contribution in [-0.2, 0) is 11.2 Å². The molecular weight excluding hydrogens is 274 g/mol. The highest BCUT2D eigenvalue weighted by molar-refractivity contribution is 7.15. The summed E-state index contributed by atoms with van der Waals surface area (Å²) in [7, 11) is 0. The number of thiazole rings is 1. The summed E-state index contributed by atoms with van der Waals surface area (Å²) >= 11 is 1.56. The third kappa shape index (κ3) is 4.18. The van der Waals surface area contributed by atoms with E-state index in [-0.39, 0.29) is 6.03 Å². The first kappa shape index (κ1) is 15.3. The van der Waals surface area contributed by atoms with Gasteiger partial charge in [-0.3, -0.25) is 5.32 Å². The zero-order valence-electron chi connectivity index (χ0n) is 12.2. The average Bonchev–Trinajstić information content (AvgIpc) is 3.06. The maximum Gasteiger partial charge on any atom is 0.323 e. The second-order valence-corrected chi connectivity index (χ2v) is 6.19. The minimum absolute atomic E-state index is 0.0404. The lowest BCUT2D eigenvalue weighted by Crippen LogP contribution is -2.33. The molecule has 1 saturated heterocycles. The summed E-state index contributed by atoms with van der Waals surface area (Å²) in [5.74, 6) is 0.465. The molecule has 1 aromatic rings. The number of ether oxygens (including phenoxy) is 1. The fourth-order valence-electron chi connectivity index (χ4n) is 2.34. The maximum absolute atomic E-state index is 12.1. The number of nitrogens with one attached hydrogen (secondary N) is 1. The summed E-state index contributed by atoms with van der Waals surface area (Å²) in [5, 5.41) is 3.59. The van der Waals surface area contributed by atoms with Gasteiger partial charge >= 0.3 is 6.03 Å². The van der Waals surface area contributed by atoms with Gasteiger partial charge in [0.1, 0.15) is 0 Å². The molecule has 0 aliphatic carbocycles. The van der Waals surface area contributed by atoms with Gasteiger partial charge in [0.25, 0.3) is 0 Å². The molecule has 1 aliphatic rings. The molecule has 0 saturated carbocycles. The van der Waals surface area contributed by atoms with Crippen LogP contribution < -0.4 is 5.32 Å². The molecule has 0 radical (unpaired) electrons. The fourth-order valence-corrected chi connectivity index (χ4v) is 3.24. The molecule has 0 spiro atoms. The summed E-state index contributed by atoms with van der Waals surface area (Å²) in [6.45, 7) is 7.20. The van der Waals surface area contributed by atoms with Crippen molar-refractivity contribution in [1.82, 2.24) is 9.88 Å². The van der Waals surface area contributed by atoms with Crippen molar-refractivity contribution in [1.29, 1.82) is 0 Å². The van der Waals surface area contributed by atoms with Crippen LogP contribution in [0.4, 0.5) is 9.93 Å². The van der Waals surface area contributed by atoms with E-state index in [4.69, 9.17) is 4.74 Å². The largest absolute Gasteiger partial charge is 0.381 e. The van der Waals surface area contributed by atoms with Crippen LogP contribution in [0.3, 0.4) is 0 Å². The van der Waals surface area contributed by atoms with Gasteiger partial charge in [0.05, 0.1) is 6.61 Å². The van der Waals surface area contributed by atoms with Crippen LogP contribution in [0.5, 0.6) is 0 Å². The van der Waals surface area contributed by atoms with Crippen LogP contribution in [-0.4, -0.2) is 42.2 Å². The fraction of sp³-hybridized carbons (Fsp3) is 0.714. The first-order valence-electron chi connectivity index (χ1n) is 7.31. The van der Waals surface area contributed by atoms with Crippen molar-refractivity contribution >= 4 is 22.5 Å². The van der Waals surface area contributed by atoms with Gasteiger partial charge in [-0.15, -0.1) is 11.3 Å². The van der Waals surface area contributed by atoms with E-state index in [1.807, 2.05) is 18.0 Å². The van der Waals surface area contributed by atoms with Gasteiger partial charge in [0.15, 0.2) is 5.13 Å². The molecule has 20 heavy (non-hydrogen) atoms. The summed E-state index contributed by atoms with van der Waals surface area (Å²) in [4.78, 5) is 19.5. The number of urea groups is 1. The van der Waals surface area contributed by atoms with Crippen molar-refractivity contribution in [3.8, 4) is 0 Å². The van der Waals surface area contributed by atoms with Crippen LogP contribution in [0, 0.1) is 5.92 Å². The van der Waals surface area contributed by atoms with E-state index >= 15 is 0 Å². The third-order valence-corrected chi connectivity index (χ3v) is 4.37. The van der Waals surface area contributed by atoms with Crippen LogP contribution in [0.25, 0.3) is 0 Å². The van der Waals surface area contributed by atoms with Gasteiger partial charge in [-0.2, -0.15) is 0 Å². The molecule has 2 rings (SSSR count). The number of carbonyl (C=O) groups excluding carboxylic acids is 1. The Hall–Kier alpha value is -1.14. The van der Waals surface area contributed by atoms with E-state index in [2.05, 4.69) is 17.2 Å². The van der Waals surface area contributed by atoms with Crippen molar-refractivity contribution < 1.29 is 9.53 Å². The molecular formula is C14H23N3O2S. The number of carbonyl (C=O) groups is 1. The lowest BCUT2D eigenvalue weighted by molar-refractivity contribution is 0.113.